The first kappa shape index (κ1) is 14.3. The van der Waals surface area contributed by atoms with E-state index in [4.69, 9.17) is 0 Å². The number of rotatable bonds is 6. The smallest absolute Gasteiger partial charge is 0.125 e. The summed E-state index contributed by atoms with van der Waals surface area (Å²) < 4.78 is 0. The van der Waals surface area contributed by atoms with Crippen LogP contribution < -0.4 is 5.32 Å². The first-order chi connectivity index (χ1) is 9.28. The molecular formula is C16H27N3. The van der Waals surface area contributed by atoms with Crippen molar-refractivity contribution < 1.29 is 0 Å². The molecule has 106 valence electrons. The molecule has 1 aromatic heterocycles. The number of pyridine rings is 1. The summed E-state index contributed by atoms with van der Waals surface area (Å²) >= 11 is 0. The Labute approximate surface area is 117 Å². The van der Waals surface area contributed by atoms with Crippen LogP contribution in [0.4, 0.5) is 5.82 Å². The number of hydrogen-bond donors (Lipinski definition) is 1. The average molecular weight is 261 g/mol. The monoisotopic (exact) mass is 261 g/mol. The van der Waals surface area contributed by atoms with Crippen LogP contribution in [0.3, 0.4) is 0 Å². The van der Waals surface area contributed by atoms with E-state index in [9.17, 15) is 0 Å². The van der Waals surface area contributed by atoms with E-state index < -0.39 is 0 Å². The third-order valence-corrected chi connectivity index (χ3v) is 3.93. The topological polar surface area (TPSA) is 28.2 Å². The van der Waals surface area contributed by atoms with Crippen LogP contribution >= 0.6 is 0 Å². The zero-order valence-electron chi connectivity index (χ0n) is 12.4. The third kappa shape index (κ3) is 4.83. The lowest BCUT2D eigenvalue weighted by atomic mass is 9.89. The summed E-state index contributed by atoms with van der Waals surface area (Å²) in [6.07, 6.45) is 9.13. The number of hydrogen-bond acceptors (Lipinski definition) is 3. The van der Waals surface area contributed by atoms with Gasteiger partial charge in [0.05, 0.1) is 0 Å². The summed E-state index contributed by atoms with van der Waals surface area (Å²) in [7, 11) is 2.23. The van der Waals surface area contributed by atoms with E-state index >= 15 is 0 Å². The highest BCUT2D eigenvalue weighted by Crippen LogP contribution is 2.24. The molecule has 3 heteroatoms. The summed E-state index contributed by atoms with van der Waals surface area (Å²) in [6.45, 7) is 5.26. The Morgan fingerprint density at radius 1 is 1.26 bits per heavy atom. The fourth-order valence-corrected chi connectivity index (χ4v) is 2.99. The van der Waals surface area contributed by atoms with Crippen molar-refractivity contribution in [1.29, 1.82) is 0 Å². The highest BCUT2D eigenvalue weighted by Gasteiger charge is 2.15. The Hall–Kier alpha value is -1.09. The van der Waals surface area contributed by atoms with Gasteiger partial charge in [-0.05, 0) is 44.4 Å². The summed E-state index contributed by atoms with van der Waals surface area (Å²) in [4.78, 5) is 6.87. The fourth-order valence-electron chi connectivity index (χ4n) is 2.99. The Morgan fingerprint density at radius 2 is 2.05 bits per heavy atom. The largest absolute Gasteiger partial charge is 0.370 e. The lowest BCUT2D eigenvalue weighted by molar-refractivity contribution is 0.228. The molecule has 0 spiro atoms. The van der Waals surface area contributed by atoms with Crippen molar-refractivity contribution in [2.45, 2.75) is 45.6 Å². The van der Waals surface area contributed by atoms with Gasteiger partial charge in [-0.25, -0.2) is 4.98 Å². The number of aromatic nitrogens is 1. The van der Waals surface area contributed by atoms with Crippen molar-refractivity contribution in [2.24, 2.45) is 5.92 Å². The zero-order valence-corrected chi connectivity index (χ0v) is 12.4. The Kier molecular flexibility index (Phi) is 5.64. The van der Waals surface area contributed by atoms with Crippen LogP contribution in [0.2, 0.25) is 0 Å². The molecule has 2 rings (SSSR count). The number of anilines is 1. The molecule has 1 aliphatic carbocycles. The van der Waals surface area contributed by atoms with Crippen LogP contribution in [0.1, 0.15) is 44.6 Å². The van der Waals surface area contributed by atoms with Crippen LogP contribution in [0.25, 0.3) is 0 Å². The molecule has 1 heterocycles. The fraction of sp³-hybridized carbons (Fsp3) is 0.688. The molecule has 0 unspecified atom stereocenters. The van der Waals surface area contributed by atoms with Gasteiger partial charge >= 0.3 is 0 Å². The van der Waals surface area contributed by atoms with Gasteiger partial charge in [0, 0.05) is 25.8 Å². The first-order valence-electron chi connectivity index (χ1n) is 7.65. The van der Waals surface area contributed by atoms with Gasteiger partial charge in [0.15, 0.2) is 0 Å². The highest BCUT2D eigenvalue weighted by atomic mass is 15.1. The van der Waals surface area contributed by atoms with Crippen LogP contribution in [-0.2, 0) is 6.54 Å². The van der Waals surface area contributed by atoms with E-state index in [1.54, 1.807) is 0 Å². The molecule has 0 radical (unpaired) electrons. The van der Waals surface area contributed by atoms with Crippen LogP contribution in [0.5, 0.6) is 0 Å². The molecule has 1 aliphatic rings. The van der Waals surface area contributed by atoms with Crippen molar-refractivity contribution >= 4 is 5.82 Å². The maximum absolute atomic E-state index is 4.43. The highest BCUT2D eigenvalue weighted by molar-refractivity contribution is 5.35. The van der Waals surface area contributed by atoms with E-state index in [0.29, 0.717) is 0 Å². The quantitative estimate of drug-likeness (QED) is 0.849. The SMILES string of the molecule is CCNc1ccc(CN(C)CC2CCCCC2)cn1. The van der Waals surface area contributed by atoms with Crippen LogP contribution in [0.15, 0.2) is 18.3 Å². The van der Waals surface area contributed by atoms with Gasteiger partial charge in [-0.15, -0.1) is 0 Å². The van der Waals surface area contributed by atoms with E-state index in [-0.39, 0.29) is 0 Å². The molecule has 0 atom stereocenters. The van der Waals surface area contributed by atoms with Crippen molar-refractivity contribution in [3.8, 4) is 0 Å². The number of nitrogens with one attached hydrogen (secondary N) is 1. The minimum absolute atomic E-state index is 0.910. The van der Waals surface area contributed by atoms with Crippen molar-refractivity contribution in [2.75, 3.05) is 25.5 Å². The van der Waals surface area contributed by atoms with Gasteiger partial charge in [0.2, 0.25) is 0 Å². The van der Waals surface area contributed by atoms with Gasteiger partial charge < -0.3 is 10.2 Å². The van der Waals surface area contributed by atoms with E-state index in [2.05, 4.69) is 41.3 Å². The van der Waals surface area contributed by atoms with E-state index in [1.165, 1.54) is 44.2 Å². The second-order valence-electron chi connectivity index (χ2n) is 5.78. The lowest BCUT2D eigenvalue weighted by Gasteiger charge is -2.27. The normalized spacial score (nSPS) is 16.8. The number of nitrogens with zero attached hydrogens (tertiary/aromatic N) is 2. The Balaban J connectivity index is 1.78. The van der Waals surface area contributed by atoms with Gasteiger partial charge in [-0.3, -0.25) is 0 Å². The molecule has 0 bridgehead atoms. The van der Waals surface area contributed by atoms with E-state index in [1.807, 2.05) is 6.20 Å². The molecule has 1 fully saturated rings. The summed E-state index contributed by atoms with van der Waals surface area (Å²) in [5.41, 5.74) is 1.31. The zero-order chi connectivity index (χ0) is 13.5. The third-order valence-electron chi connectivity index (χ3n) is 3.93. The predicted molar refractivity (Wildman–Crippen MR) is 81.3 cm³/mol. The minimum Gasteiger partial charge on any atom is -0.370 e. The standard InChI is InChI=1S/C16H27N3/c1-3-17-16-10-9-15(11-18-16)13-19(2)12-14-7-5-4-6-8-14/h9-11,14H,3-8,12-13H2,1-2H3,(H,17,18). The van der Waals surface area contributed by atoms with Crippen LogP contribution in [-0.4, -0.2) is 30.0 Å². The first-order valence-corrected chi connectivity index (χ1v) is 7.65. The minimum atomic E-state index is 0.910. The molecular weight excluding hydrogens is 234 g/mol. The molecule has 3 nitrogen and oxygen atoms in total. The summed E-state index contributed by atoms with van der Waals surface area (Å²) in [5, 5.41) is 3.23. The molecule has 0 amide bonds. The second-order valence-corrected chi connectivity index (χ2v) is 5.78. The maximum Gasteiger partial charge on any atom is 0.125 e. The van der Waals surface area contributed by atoms with Crippen molar-refractivity contribution in [1.82, 2.24) is 9.88 Å². The van der Waals surface area contributed by atoms with Gasteiger partial charge in [0.1, 0.15) is 5.82 Å². The molecule has 1 aromatic rings. The van der Waals surface area contributed by atoms with Crippen molar-refractivity contribution in [3.05, 3.63) is 23.9 Å². The van der Waals surface area contributed by atoms with Crippen molar-refractivity contribution in [3.63, 3.8) is 0 Å². The molecule has 1 N–H and O–H groups in total. The summed E-state index contributed by atoms with van der Waals surface area (Å²) in [6, 6.07) is 4.26. The Morgan fingerprint density at radius 3 is 2.68 bits per heavy atom. The molecule has 0 saturated heterocycles. The summed E-state index contributed by atoms with van der Waals surface area (Å²) in [5.74, 6) is 1.88. The maximum atomic E-state index is 4.43. The average Bonchev–Trinajstić information content (AvgIpc) is 2.42. The molecule has 19 heavy (non-hydrogen) atoms. The van der Waals surface area contributed by atoms with E-state index in [0.717, 1.165) is 24.8 Å². The van der Waals surface area contributed by atoms with Gasteiger partial charge in [-0.1, -0.05) is 25.3 Å². The van der Waals surface area contributed by atoms with Crippen LogP contribution in [0, 0.1) is 5.92 Å². The molecule has 1 saturated carbocycles. The second kappa shape index (κ2) is 7.49. The molecule has 0 aliphatic heterocycles. The van der Waals surface area contributed by atoms with Gasteiger partial charge in [0.25, 0.3) is 0 Å². The Bertz CT molecular complexity index is 355. The predicted octanol–water partition coefficient (Wildman–Crippen LogP) is 3.53. The lowest BCUT2D eigenvalue weighted by Crippen LogP contribution is -2.26. The molecule has 0 aromatic carbocycles. The van der Waals surface area contributed by atoms with Gasteiger partial charge in [-0.2, -0.15) is 0 Å².